The van der Waals surface area contributed by atoms with Gasteiger partial charge in [0.2, 0.25) is 5.91 Å². The van der Waals surface area contributed by atoms with Gasteiger partial charge in [0.1, 0.15) is 18.1 Å². The summed E-state index contributed by atoms with van der Waals surface area (Å²) in [6.45, 7) is 0.461. The van der Waals surface area contributed by atoms with Crippen molar-refractivity contribution in [2.75, 3.05) is 13.7 Å². The lowest BCUT2D eigenvalue weighted by molar-refractivity contribution is -0.137. The zero-order valence-electron chi connectivity index (χ0n) is 22.8. The molecule has 1 aliphatic rings. The Hall–Kier alpha value is -4.13. The van der Waals surface area contributed by atoms with Crippen molar-refractivity contribution < 1.29 is 23.8 Å². The number of aliphatic carboxylic acids is 1. The van der Waals surface area contributed by atoms with Gasteiger partial charge in [-0.05, 0) is 79.5 Å². The van der Waals surface area contributed by atoms with E-state index in [9.17, 15) is 19.1 Å². The summed E-state index contributed by atoms with van der Waals surface area (Å²) in [4.78, 5) is 27.4. The molecule has 0 aliphatic heterocycles. The molecule has 0 radical (unpaired) electrons. The van der Waals surface area contributed by atoms with Gasteiger partial charge in [-0.25, -0.2) is 4.39 Å². The van der Waals surface area contributed by atoms with E-state index in [0.29, 0.717) is 32.2 Å². The molecule has 40 heavy (non-hydrogen) atoms. The van der Waals surface area contributed by atoms with Gasteiger partial charge in [-0.15, -0.1) is 0 Å². The van der Waals surface area contributed by atoms with E-state index in [4.69, 9.17) is 4.74 Å². The van der Waals surface area contributed by atoms with Crippen molar-refractivity contribution >= 4 is 22.8 Å². The number of benzene rings is 3. The number of amides is 1. The Kier molecular flexibility index (Phi) is 8.48. The van der Waals surface area contributed by atoms with Crippen LogP contribution in [0.3, 0.4) is 0 Å². The Morgan fingerprint density at radius 2 is 1.82 bits per heavy atom. The number of hydrogen-bond donors (Lipinski definition) is 1. The SMILES string of the molecule is COc1ccccc1CCC(=O)N(CCCc1ccccc1)[C@H]1CCc2c(c3cc(F)ccc3n2CC(=O)O)C1. The van der Waals surface area contributed by atoms with Crippen LogP contribution in [0.4, 0.5) is 4.39 Å². The zero-order chi connectivity index (χ0) is 28.1. The molecule has 3 aromatic carbocycles. The van der Waals surface area contributed by atoms with Crippen molar-refractivity contribution in [1.82, 2.24) is 9.47 Å². The number of halogens is 1. The standard InChI is InChI=1S/C33H35FN2O4/c1-40-31-12-6-5-11-24(31)13-18-32(37)35(19-7-10-23-8-3-2-4-9-23)26-15-17-30-28(21-26)27-20-25(34)14-16-29(27)36(30)22-33(38)39/h2-6,8-9,11-12,14,16,20,26H,7,10,13,15,17-19,21-22H2,1H3,(H,38,39)/t26-/m0/s1. The fourth-order valence-electron chi connectivity index (χ4n) is 6.09. The molecule has 7 heteroatoms. The normalized spacial score (nSPS) is 14.6. The molecule has 1 heterocycles. The fraction of sp³-hybridized carbons (Fsp3) is 0.333. The summed E-state index contributed by atoms with van der Waals surface area (Å²) in [5, 5.41) is 10.3. The first-order valence-corrected chi connectivity index (χ1v) is 13.9. The molecule has 0 spiro atoms. The Labute approximate surface area is 234 Å². The van der Waals surface area contributed by atoms with Crippen LogP contribution >= 0.6 is 0 Å². The molecular weight excluding hydrogens is 507 g/mol. The smallest absolute Gasteiger partial charge is 0.323 e. The second-order valence-corrected chi connectivity index (χ2v) is 10.5. The average molecular weight is 543 g/mol. The monoisotopic (exact) mass is 542 g/mol. The molecule has 1 N–H and O–H groups in total. The quantitative estimate of drug-likeness (QED) is 0.259. The Morgan fingerprint density at radius 3 is 2.60 bits per heavy atom. The van der Waals surface area contributed by atoms with Crippen LogP contribution in [0, 0.1) is 5.82 Å². The highest BCUT2D eigenvalue weighted by atomic mass is 19.1. The Bertz CT molecular complexity index is 1500. The second-order valence-electron chi connectivity index (χ2n) is 10.5. The molecule has 0 unspecified atom stereocenters. The van der Waals surface area contributed by atoms with Crippen molar-refractivity contribution in [3.63, 3.8) is 0 Å². The number of rotatable bonds is 11. The molecule has 0 saturated heterocycles. The van der Waals surface area contributed by atoms with E-state index in [1.54, 1.807) is 17.7 Å². The van der Waals surface area contributed by atoms with Gasteiger partial charge in [-0.1, -0.05) is 48.5 Å². The van der Waals surface area contributed by atoms with E-state index in [1.165, 1.54) is 17.7 Å². The zero-order valence-corrected chi connectivity index (χ0v) is 22.8. The molecule has 0 bridgehead atoms. The Morgan fingerprint density at radius 1 is 1.05 bits per heavy atom. The number of methoxy groups -OCH3 is 1. The highest BCUT2D eigenvalue weighted by Gasteiger charge is 2.31. The number of para-hydroxylation sites is 1. The number of aryl methyl sites for hydroxylation is 2. The summed E-state index contributed by atoms with van der Waals surface area (Å²) in [5.74, 6) is -0.410. The molecule has 1 atom stereocenters. The number of aromatic nitrogens is 1. The third-order valence-corrected chi connectivity index (χ3v) is 7.97. The van der Waals surface area contributed by atoms with E-state index in [2.05, 4.69) is 12.1 Å². The molecular formula is C33H35FN2O4. The van der Waals surface area contributed by atoms with Crippen LogP contribution in [-0.2, 0) is 41.8 Å². The number of carboxylic acids is 1. The van der Waals surface area contributed by atoms with E-state index >= 15 is 0 Å². The molecule has 6 nitrogen and oxygen atoms in total. The number of carbonyl (C=O) groups is 2. The summed E-state index contributed by atoms with van der Waals surface area (Å²) in [7, 11) is 1.64. The maximum absolute atomic E-state index is 14.3. The lowest BCUT2D eigenvalue weighted by atomic mass is 9.89. The Balaban J connectivity index is 1.40. The molecule has 208 valence electrons. The summed E-state index contributed by atoms with van der Waals surface area (Å²) in [6, 6.07) is 22.5. The van der Waals surface area contributed by atoms with Gasteiger partial charge in [-0.2, -0.15) is 0 Å². The largest absolute Gasteiger partial charge is 0.496 e. The van der Waals surface area contributed by atoms with Gasteiger partial charge in [0.15, 0.2) is 0 Å². The summed E-state index contributed by atoms with van der Waals surface area (Å²) >= 11 is 0. The van der Waals surface area contributed by atoms with Crippen LogP contribution in [0.25, 0.3) is 10.9 Å². The first-order chi connectivity index (χ1) is 19.4. The van der Waals surface area contributed by atoms with Gasteiger partial charge < -0.3 is 19.3 Å². The topological polar surface area (TPSA) is 71.8 Å². The first-order valence-electron chi connectivity index (χ1n) is 13.9. The predicted molar refractivity (Wildman–Crippen MR) is 153 cm³/mol. The number of fused-ring (bicyclic) bond motifs is 3. The van der Waals surface area contributed by atoms with Crippen molar-refractivity contribution in [2.24, 2.45) is 0 Å². The molecule has 5 rings (SSSR count). The van der Waals surface area contributed by atoms with Crippen LogP contribution in [0.5, 0.6) is 5.75 Å². The molecule has 4 aromatic rings. The fourth-order valence-corrected chi connectivity index (χ4v) is 6.09. The summed E-state index contributed by atoms with van der Waals surface area (Å²) in [5.41, 5.74) is 4.86. The predicted octanol–water partition coefficient (Wildman–Crippen LogP) is 5.83. The highest BCUT2D eigenvalue weighted by molar-refractivity contribution is 5.87. The minimum absolute atomic E-state index is 0.0411. The van der Waals surface area contributed by atoms with Crippen molar-refractivity contribution in [3.05, 3.63) is 101 Å². The van der Waals surface area contributed by atoms with E-state index in [1.807, 2.05) is 47.4 Å². The van der Waals surface area contributed by atoms with Crippen LogP contribution in [-0.4, -0.2) is 46.1 Å². The molecule has 0 fully saturated rings. The minimum atomic E-state index is -0.930. The molecule has 1 aromatic heterocycles. The van der Waals surface area contributed by atoms with Crippen LogP contribution < -0.4 is 4.74 Å². The van der Waals surface area contributed by atoms with Gasteiger partial charge in [0.25, 0.3) is 0 Å². The number of carbonyl (C=O) groups excluding carboxylic acids is 1. The molecule has 0 saturated carbocycles. The number of nitrogens with zero attached hydrogens (tertiary/aromatic N) is 2. The average Bonchev–Trinajstić information content (AvgIpc) is 3.26. The minimum Gasteiger partial charge on any atom is -0.496 e. The first kappa shape index (κ1) is 27.4. The summed E-state index contributed by atoms with van der Waals surface area (Å²) in [6.07, 6.45) is 4.61. The van der Waals surface area contributed by atoms with Crippen molar-refractivity contribution in [3.8, 4) is 5.75 Å². The highest BCUT2D eigenvalue weighted by Crippen LogP contribution is 2.35. The number of hydrogen-bond acceptors (Lipinski definition) is 3. The van der Waals surface area contributed by atoms with Gasteiger partial charge in [-0.3, -0.25) is 9.59 Å². The third-order valence-electron chi connectivity index (χ3n) is 7.97. The van der Waals surface area contributed by atoms with E-state index < -0.39 is 5.97 Å². The molecule has 1 amide bonds. The molecule has 1 aliphatic carbocycles. The van der Waals surface area contributed by atoms with E-state index in [-0.39, 0.29) is 24.3 Å². The number of ether oxygens (including phenoxy) is 1. The second kappa shape index (κ2) is 12.4. The lowest BCUT2D eigenvalue weighted by Crippen LogP contribution is -2.44. The van der Waals surface area contributed by atoms with Crippen LogP contribution in [0.2, 0.25) is 0 Å². The van der Waals surface area contributed by atoms with Crippen molar-refractivity contribution in [2.45, 2.75) is 57.5 Å². The number of carboxylic acid groups (broad SMARTS) is 1. The van der Waals surface area contributed by atoms with E-state index in [0.717, 1.165) is 52.7 Å². The van der Waals surface area contributed by atoms with Gasteiger partial charge >= 0.3 is 5.97 Å². The lowest BCUT2D eigenvalue weighted by Gasteiger charge is -2.35. The van der Waals surface area contributed by atoms with Gasteiger partial charge in [0.05, 0.1) is 7.11 Å². The maximum atomic E-state index is 14.3. The van der Waals surface area contributed by atoms with Crippen LogP contribution in [0.1, 0.15) is 41.6 Å². The van der Waals surface area contributed by atoms with Crippen LogP contribution in [0.15, 0.2) is 72.8 Å². The third kappa shape index (κ3) is 6.03. The van der Waals surface area contributed by atoms with Gasteiger partial charge in [0, 0.05) is 35.6 Å². The van der Waals surface area contributed by atoms with Crippen molar-refractivity contribution in [1.29, 1.82) is 0 Å². The maximum Gasteiger partial charge on any atom is 0.323 e. The summed E-state index contributed by atoms with van der Waals surface area (Å²) < 4.78 is 21.6.